The van der Waals surface area contributed by atoms with Crippen LogP contribution in [0.4, 0.5) is 4.79 Å². The molecule has 1 aliphatic rings. The molecule has 39 heavy (non-hydrogen) atoms. The Hall–Kier alpha value is -3.26. The van der Waals surface area contributed by atoms with Crippen LogP contribution in [-0.2, 0) is 9.47 Å². The minimum absolute atomic E-state index is 0.0687. The summed E-state index contributed by atoms with van der Waals surface area (Å²) < 4.78 is 22.2. The van der Waals surface area contributed by atoms with Crippen molar-refractivity contribution in [3.8, 4) is 11.5 Å². The fraction of sp³-hybridized carbons (Fsp3) is 0.548. The van der Waals surface area contributed by atoms with E-state index in [2.05, 4.69) is 12.1 Å². The number of hydrogen-bond acceptors (Lipinski definition) is 6. The number of carbonyl (C=O) groups is 2. The number of benzene rings is 2. The SMILES string of the molecule is COCCCOc1cc(C(=O)N(C(C)C)[C@H]2CN(C(=O)OC(C)(C)C)CC[C@@H]2c2ccccc2)ccc1OC. The fourth-order valence-electron chi connectivity index (χ4n) is 5.02. The molecule has 0 saturated carbocycles. The van der Waals surface area contributed by atoms with Crippen LogP contribution in [0.15, 0.2) is 48.5 Å². The molecule has 1 heterocycles. The van der Waals surface area contributed by atoms with E-state index < -0.39 is 5.60 Å². The van der Waals surface area contributed by atoms with Gasteiger partial charge < -0.3 is 28.7 Å². The number of piperidine rings is 1. The topological polar surface area (TPSA) is 77.5 Å². The molecule has 2 aromatic carbocycles. The maximum atomic E-state index is 14.2. The predicted molar refractivity (Wildman–Crippen MR) is 152 cm³/mol. The van der Waals surface area contributed by atoms with Gasteiger partial charge in [0.1, 0.15) is 5.60 Å². The number of amides is 2. The molecule has 2 atom stereocenters. The quantitative estimate of drug-likeness (QED) is 0.357. The van der Waals surface area contributed by atoms with Crippen molar-refractivity contribution in [3.63, 3.8) is 0 Å². The van der Waals surface area contributed by atoms with Crippen LogP contribution < -0.4 is 9.47 Å². The van der Waals surface area contributed by atoms with Crippen LogP contribution in [0.1, 0.15) is 69.3 Å². The Morgan fingerprint density at radius 1 is 1.03 bits per heavy atom. The first-order valence-electron chi connectivity index (χ1n) is 13.7. The van der Waals surface area contributed by atoms with Gasteiger partial charge in [-0.15, -0.1) is 0 Å². The zero-order valence-electron chi connectivity index (χ0n) is 24.4. The van der Waals surface area contributed by atoms with Crippen LogP contribution in [0.3, 0.4) is 0 Å². The average molecular weight is 541 g/mol. The van der Waals surface area contributed by atoms with Crippen molar-refractivity contribution < 1.29 is 28.5 Å². The summed E-state index contributed by atoms with van der Waals surface area (Å²) in [5, 5.41) is 0. The number of ether oxygens (including phenoxy) is 4. The van der Waals surface area contributed by atoms with Gasteiger partial charge in [0, 0.05) is 50.8 Å². The van der Waals surface area contributed by atoms with Crippen LogP contribution in [0.5, 0.6) is 11.5 Å². The Kier molecular flexibility index (Phi) is 10.6. The largest absolute Gasteiger partial charge is 0.493 e. The lowest BCUT2D eigenvalue weighted by Gasteiger charge is -2.46. The number of methoxy groups -OCH3 is 2. The summed E-state index contributed by atoms with van der Waals surface area (Å²) in [6.45, 7) is 11.6. The maximum Gasteiger partial charge on any atom is 0.410 e. The van der Waals surface area contributed by atoms with Crippen LogP contribution >= 0.6 is 0 Å². The van der Waals surface area contributed by atoms with E-state index in [9.17, 15) is 9.59 Å². The second-order valence-electron chi connectivity index (χ2n) is 11.2. The lowest BCUT2D eigenvalue weighted by atomic mass is 9.83. The Morgan fingerprint density at radius 2 is 1.74 bits per heavy atom. The van der Waals surface area contributed by atoms with E-state index in [-0.39, 0.29) is 30.0 Å². The molecule has 1 fully saturated rings. The van der Waals surface area contributed by atoms with Gasteiger partial charge in [-0.25, -0.2) is 4.79 Å². The van der Waals surface area contributed by atoms with Crippen molar-refractivity contribution in [2.75, 3.05) is 40.5 Å². The highest BCUT2D eigenvalue weighted by Gasteiger charge is 2.40. The minimum Gasteiger partial charge on any atom is -0.493 e. The van der Waals surface area contributed by atoms with Gasteiger partial charge in [0.2, 0.25) is 0 Å². The molecule has 3 rings (SSSR count). The van der Waals surface area contributed by atoms with Gasteiger partial charge in [0.25, 0.3) is 5.91 Å². The lowest BCUT2D eigenvalue weighted by molar-refractivity contribution is 0.00368. The summed E-state index contributed by atoms with van der Waals surface area (Å²) in [7, 11) is 3.23. The molecular weight excluding hydrogens is 496 g/mol. The monoisotopic (exact) mass is 540 g/mol. The first-order valence-corrected chi connectivity index (χ1v) is 13.7. The molecular formula is C31H44N2O6. The van der Waals surface area contributed by atoms with Crippen molar-refractivity contribution in [2.24, 2.45) is 0 Å². The molecule has 0 aliphatic carbocycles. The molecule has 0 radical (unpaired) electrons. The number of carbonyl (C=O) groups excluding carboxylic acids is 2. The van der Waals surface area contributed by atoms with E-state index in [1.807, 2.05) is 57.7 Å². The van der Waals surface area contributed by atoms with E-state index in [0.29, 0.717) is 43.4 Å². The number of nitrogens with zero attached hydrogens (tertiary/aromatic N) is 2. The predicted octanol–water partition coefficient (Wildman–Crippen LogP) is 5.75. The van der Waals surface area contributed by atoms with Crippen LogP contribution in [0.2, 0.25) is 0 Å². The molecule has 2 aromatic rings. The standard InChI is InChI=1S/C31H44N2O6/c1-22(2)33(29(34)24-14-15-27(37-7)28(20-24)38-19-11-18-36-6)26-21-32(30(35)39-31(3,4)5)17-16-25(26)23-12-9-8-10-13-23/h8-10,12-15,20,22,25-26H,11,16-19,21H2,1-7H3/t25-,26+/m1/s1. The molecule has 1 aliphatic heterocycles. The molecule has 0 spiro atoms. The smallest absolute Gasteiger partial charge is 0.410 e. The van der Waals surface area contributed by atoms with Gasteiger partial charge in [-0.3, -0.25) is 4.79 Å². The van der Waals surface area contributed by atoms with Gasteiger partial charge in [-0.1, -0.05) is 30.3 Å². The summed E-state index contributed by atoms with van der Waals surface area (Å²) in [6.07, 6.45) is 1.09. The Morgan fingerprint density at radius 3 is 2.36 bits per heavy atom. The van der Waals surface area contributed by atoms with Crippen LogP contribution in [-0.4, -0.2) is 80.0 Å². The van der Waals surface area contributed by atoms with E-state index in [1.54, 1.807) is 37.3 Å². The Bertz CT molecular complexity index is 1080. The van der Waals surface area contributed by atoms with E-state index >= 15 is 0 Å². The fourth-order valence-corrected chi connectivity index (χ4v) is 5.02. The second-order valence-corrected chi connectivity index (χ2v) is 11.2. The lowest BCUT2D eigenvalue weighted by Crippen LogP contribution is -2.57. The van der Waals surface area contributed by atoms with Gasteiger partial charge in [0.05, 0.1) is 19.8 Å². The normalized spacial score (nSPS) is 17.6. The van der Waals surface area contributed by atoms with Crippen molar-refractivity contribution in [2.45, 2.75) is 71.1 Å². The average Bonchev–Trinajstić information content (AvgIpc) is 2.90. The van der Waals surface area contributed by atoms with Crippen LogP contribution in [0, 0.1) is 0 Å². The van der Waals surface area contributed by atoms with Gasteiger partial charge >= 0.3 is 6.09 Å². The highest BCUT2D eigenvalue weighted by molar-refractivity contribution is 5.95. The summed E-state index contributed by atoms with van der Waals surface area (Å²) in [5.41, 5.74) is 1.06. The summed E-state index contributed by atoms with van der Waals surface area (Å²) in [5.74, 6) is 1.03. The van der Waals surface area contributed by atoms with Gasteiger partial charge in [-0.2, -0.15) is 0 Å². The molecule has 2 amide bonds. The Labute approximate surface area is 233 Å². The molecule has 8 nitrogen and oxygen atoms in total. The van der Waals surface area contributed by atoms with E-state index in [0.717, 1.165) is 18.4 Å². The number of likely N-dealkylation sites (tertiary alicyclic amines) is 1. The highest BCUT2D eigenvalue weighted by Crippen LogP contribution is 2.35. The first kappa shape index (κ1) is 30.3. The van der Waals surface area contributed by atoms with Crippen LogP contribution in [0.25, 0.3) is 0 Å². The van der Waals surface area contributed by atoms with Gasteiger partial charge in [-0.05, 0) is 64.8 Å². The van der Waals surface area contributed by atoms with Crippen molar-refractivity contribution >= 4 is 12.0 Å². The second kappa shape index (κ2) is 13.7. The van der Waals surface area contributed by atoms with E-state index in [1.165, 1.54) is 0 Å². The summed E-state index contributed by atoms with van der Waals surface area (Å²) in [4.78, 5) is 30.9. The third kappa shape index (κ3) is 8.12. The maximum absolute atomic E-state index is 14.2. The number of hydrogen-bond donors (Lipinski definition) is 0. The van der Waals surface area contributed by atoms with Crippen molar-refractivity contribution in [1.29, 1.82) is 0 Å². The zero-order chi connectivity index (χ0) is 28.6. The molecule has 214 valence electrons. The minimum atomic E-state index is -0.598. The van der Waals surface area contributed by atoms with Crippen molar-refractivity contribution in [1.82, 2.24) is 9.80 Å². The third-order valence-electron chi connectivity index (χ3n) is 6.77. The molecule has 8 heteroatoms. The zero-order valence-corrected chi connectivity index (χ0v) is 24.4. The molecule has 0 unspecified atom stereocenters. The van der Waals surface area contributed by atoms with Crippen molar-refractivity contribution in [3.05, 3.63) is 59.7 Å². The molecule has 0 N–H and O–H groups in total. The summed E-state index contributed by atoms with van der Waals surface area (Å²) in [6, 6.07) is 15.2. The third-order valence-corrected chi connectivity index (χ3v) is 6.77. The first-order chi connectivity index (χ1) is 18.6. The molecule has 1 saturated heterocycles. The van der Waals surface area contributed by atoms with Gasteiger partial charge in [0.15, 0.2) is 11.5 Å². The highest BCUT2D eigenvalue weighted by atomic mass is 16.6. The molecule has 0 aromatic heterocycles. The van der Waals surface area contributed by atoms with E-state index in [4.69, 9.17) is 18.9 Å². The Balaban J connectivity index is 1.95. The number of rotatable bonds is 10. The summed E-state index contributed by atoms with van der Waals surface area (Å²) >= 11 is 0. The molecule has 0 bridgehead atoms.